The highest BCUT2D eigenvalue weighted by molar-refractivity contribution is 6.78. The van der Waals surface area contributed by atoms with Gasteiger partial charge in [-0.3, -0.25) is 0 Å². The number of ether oxygens (including phenoxy) is 2. The third kappa shape index (κ3) is 1.76. The molecule has 0 amide bonds. The second kappa shape index (κ2) is 3.80. The summed E-state index contributed by atoms with van der Waals surface area (Å²) in [5.41, 5.74) is 0. The molecule has 4 heteroatoms. The van der Waals surface area contributed by atoms with Gasteiger partial charge in [-0.05, 0) is 19.8 Å². The maximum absolute atomic E-state index is 10.9. The smallest absolute Gasteiger partial charge is 0.173 e. The molecular weight excluding hydrogens is 220 g/mol. The van der Waals surface area contributed by atoms with E-state index in [1.54, 1.807) is 0 Å². The van der Waals surface area contributed by atoms with E-state index >= 15 is 0 Å². The lowest BCUT2D eigenvalue weighted by Crippen LogP contribution is -2.60. The third-order valence-corrected chi connectivity index (χ3v) is 7.91. The fourth-order valence-electron chi connectivity index (χ4n) is 2.99. The molecule has 1 heterocycles. The number of hydrogen-bond acceptors (Lipinski definition) is 3. The van der Waals surface area contributed by atoms with E-state index in [1.165, 1.54) is 0 Å². The second-order valence-corrected chi connectivity index (χ2v) is 11.9. The molecule has 1 saturated carbocycles. The van der Waals surface area contributed by atoms with Crippen LogP contribution in [0.25, 0.3) is 0 Å². The molecule has 1 N–H and O–H groups in total. The molecular formula is C12H24O3Si. The molecule has 0 aromatic heterocycles. The van der Waals surface area contributed by atoms with Gasteiger partial charge in [-0.25, -0.2) is 0 Å². The van der Waals surface area contributed by atoms with E-state index in [4.69, 9.17) is 9.47 Å². The Hall–Kier alpha value is 0.0969. The predicted molar refractivity (Wildman–Crippen MR) is 65.9 cm³/mol. The number of rotatable bonds is 2. The van der Waals surface area contributed by atoms with Crippen molar-refractivity contribution in [1.82, 2.24) is 0 Å². The van der Waals surface area contributed by atoms with Crippen LogP contribution in [0.4, 0.5) is 0 Å². The molecule has 2 rings (SSSR count). The first-order valence-corrected chi connectivity index (χ1v) is 9.80. The third-order valence-electron chi connectivity index (χ3n) is 4.52. The predicted octanol–water partition coefficient (Wildman–Crippen LogP) is 2.16. The topological polar surface area (TPSA) is 38.7 Å². The van der Waals surface area contributed by atoms with E-state index < -0.39 is 19.1 Å². The van der Waals surface area contributed by atoms with Crippen LogP contribution in [0, 0.1) is 5.92 Å². The van der Waals surface area contributed by atoms with E-state index in [1.807, 2.05) is 6.92 Å². The normalized spacial score (nSPS) is 33.2. The zero-order valence-corrected chi connectivity index (χ0v) is 11.9. The highest BCUT2D eigenvalue weighted by atomic mass is 28.3. The van der Waals surface area contributed by atoms with Gasteiger partial charge < -0.3 is 14.6 Å². The fraction of sp³-hybridized carbons (Fsp3) is 1.00. The van der Waals surface area contributed by atoms with Gasteiger partial charge in [-0.15, -0.1) is 0 Å². The molecule has 0 aromatic carbocycles. The van der Waals surface area contributed by atoms with Crippen LogP contribution in [0.15, 0.2) is 0 Å². The van der Waals surface area contributed by atoms with Crippen LogP contribution < -0.4 is 0 Å². The number of hydrogen-bond donors (Lipinski definition) is 1. The van der Waals surface area contributed by atoms with Gasteiger partial charge in [0.25, 0.3) is 0 Å². The van der Waals surface area contributed by atoms with Gasteiger partial charge in [0.15, 0.2) is 5.79 Å². The molecule has 0 bridgehead atoms. The highest BCUT2D eigenvalue weighted by Gasteiger charge is 2.58. The summed E-state index contributed by atoms with van der Waals surface area (Å²) < 4.78 is 11.7. The lowest BCUT2D eigenvalue weighted by atomic mass is 9.96. The van der Waals surface area contributed by atoms with Crippen molar-refractivity contribution in [2.24, 2.45) is 5.92 Å². The van der Waals surface area contributed by atoms with Gasteiger partial charge in [0.05, 0.1) is 26.5 Å². The van der Waals surface area contributed by atoms with Crippen molar-refractivity contribution in [2.45, 2.75) is 56.8 Å². The highest BCUT2D eigenvalue weighted by Crippen LogP contribution is 2.49. The quantitative estimate of drug-likeness (QED) is 0.757. The Balaban J connectivity index is 2.26. The first-order chi connectivity index (χ1) is 7.30. The Kier molecular flexibility index (Phi) is 2.98. The van der Waals surface area contributed by atoms with E-state index in [0.717, 1.165) is 19.3 Å². The zero-order chi connectivity index (χ0) is 12.0. The zero-order valence-electron chi connectivity index (χ0n) is 10.9. The molecule has 1 saturated heterocycles. The van der Waals surface area contributed by atoms with Gasteiger partial charge in [-0.1, -0.05) is 19.6 Å². The fourth-order valence-corrected chi connectivity index (χ4v) is 4.40. The molecule has 2 atom stereocenters. The first-order valence-electron chi connectivity index (χ1n) is 6.30. The van der Waals surface area contributed by atoms with Gasteiger partial charge in [0, 0.05) is 12.3 Å². The van der Waals surface area contributed by atoms with E-state index in [2.05, 4.69) is 19.6 Å². The summed E-state index contributed by atoms with van der Waals surface area (Å²) in [5.74, 6) is -0.321. The van der Waals surface area contributed by atoms with Gasteiger partial charge in [-0.2, -0.15) is 0 Å². The molecule has 1 aliphatic carbocycles. The Morgan fingerprint density at radius 2 is 1.81 bits per heavy atom. The summed E-state index contributed by atoms with van der Waals surface area (Å²) in [5, 5.41) is 10.3. The Bertz CT molecular complexity index is 258. The van der Waals surface area contributed by atoms with Crippen LogP contribution >= 0.6 is 0 Å². The summed E-state index contributed by atoms with van der Waals surface area (Å²) in [4.78, 5) is 0. The van der Waals surface area contributed by atoms with Crippen LogP contribution in [-0.4, -0.2) is 37.4 Å². The minimum Gasteiger partial charge on any atom is -0.393 e. The van der Waals surface area contributed by atoms with Gasteiger partial charge in [0.1, 0.15) is 0 Å². The molecule has 2 fully saturated rings. The number of aliphatic hydroxyl groups is 1. The van der Waals surface area contributed by atoms with Crippen LogP contribution in [0.3, 0.4) is 0 Å². The summed E-state index contributed by atoms with van der Waals surface area (Å²) in [6.07, 6.45) is 3.07. The summed E-state index contributed by atoms with van der Waals surface area (Å²) >= 11 is 0. The molecule has 1 spiro atoms. The van der Waals surface area contributed by atoms with Crippen molar-refractivity contribution >= 4 is 8.07 Å². The maximum Gasteiger partial charge on any atom is 0.173 e. The average molecular weight is 244 g/mol. The Morgan fingerprint density at radius 3 is 2.31 bits per heavy atom. The van der Waals surface area contributed by atoms with Crippen molar-refractivity contribution in [2.75, 3.05) is 13.2 Å². The molecule has 0 radical (unpaired) electrons. The molecule has 0 aromatic rings. The van der Waals surface area contributed by atoms with Crippen LogP contribution in [0.1, 0.15) is 26.2 Å². The van der Waals surface area contributed by atoms with Crippen LogP contribution in [0.5, 0.6) is 0 Å². The lowest BCUT2D eigenvalue weighted by Gasteiger charge is -2.46. The first kappa shape index (κ1) is 12.6. The second-order valence-electron chi connectivity index (χ2n) is 6.35. The summed E-state index contributed by atoms with van der Waals surface area (Å²) in [6.45, 7) is 9.99. The largest absolute Gasteiger partial charge is 0.393 e. The maximum atomic E-state index is 10.9. The monoisotopic (exact) mass is 244 g/mol. The molecule has 1 aliphatic heterocycles. The Labute approximate surface area is 99.1 Å². The standard InChI is InChI=1S/C12H24O3Si/c1-11(13,16(2,3)4)10-6-5-7-12(10)14-8-9-15-12/h10,13H,5-9H2,1-4H3/t10-,11+/m0/s1. The molecule has 3 nitrogen and oxygen atoms in total. The van der Waals surface area contributed by atoms with Crippen molar-refractivity contribution in [3.05, 3.63) is 0 Å². The summed E-state index contributed by atoms with van der Waals surface area (Å²) in [6, 6.07) is 0. The summed E-state index contributed by atoms with van der Waals surface area (Å²) in [7, 11) is -1.65. The lowest BCUT2D eigenvalue weighted by molar-refractivity contribution is -0.207. The van der Waals surface area contributed by atoms with E-state index in [0.29, 0.717) is 13.2 Å². The molecule has 2 aliphatic rings. The van der Waals surface area contributed by atoms with Crippen molar-refractivity contribution in [3.8, 4) is 0 Å². The molecule has 16 heavy (non-hydrogen) atoms. The van der Waals surface area contributed by atoms with Crippen molar-refractivity contribution in [3.63, 3.8) is 0 Å². The van der Waals surface area contributed by atoms with Crippen molar-refractivity contribution < 1.29 is 14.6 Å². The van der Waals surface area contributed by atoms with E-state index in [-0.39, 0.29) is 5.92 Å². The minimum absolute atomic E-state index is 0.147. The SMILES string of the molecule is C[C@](O)([C@@H]1CCCC12OCCO2)[Si](C)(C)C. The van der Waals surface area contributed by atoms with Gasteiger partial charge in [0.2, 0.25) is 0 Å². The molecule has 94 valence electrons. The van der Waals surface area contributed by atoms with E-state index in [9.17, 15) is 5.11 Å². The van der Waals surface area contributed by atoms with Crippen molar-refractivity contribution in [1.29, 1.82) is 0 Å². The van der Waals surface area contributed by atoms with Crippen LogP contribution in [0.2, 0.25) is 19.6 Å². The Morgan fingerprint density at radius 1 is 1.25 bits per heavy atom. The van der Waals surface area contributed by atoms with Gasteiger partial charge >= 0.3 is 0 Å². The van der Waals surface area contributed by atoms with Crippen LogP contribution in [-0.2, 0) is 9.47 Å². The molecule has 0 unspecified atom stereocenters. The average Bonchev–Trinajstić information content (AvgIpc) is 2.75. The minimum atomic E-state index is -1.65.